The van der Waals surface area contributed by atoms with Crippen molar-refractivity contribution in [3.05, 3.63) is 29.8 Å². The summed E-state index contributed by atoms with van der Waals surface area (Å²) in [7, 11) is 1.68. The minimum atomic E-state index is 0.126. The summed E-state index contributed by atoms with van der Waals surface area (Å²) in [5.41, 5.74) is 12.6. The molecule has 1 aromatic rings. The summed E-state index contributed by atoms with van der Waals surface area (Å²) < 4.78 is 5.13. The Bertz CT molecular complexity index is 297. The molecular weight excluding hydrogens is 200 g/mol. The normalized spacial score (nSPS) is 14.5. The maximum atomic E-state index is 5.80. The lowest BCUT2D eigenvalue weighted by atomic mass is 9.94. The third-order valence-corrected chi connectivity index (χ3v) is 2.96. The van der Waals surface area contributed by atoms with Gasteiger partial charge in [-0.3, -0.25) is 0 Å². The van der Waals surface area contributed by atoms with Crippen molar-refractivity contribution >= 4 is 0 Å². The van der Waals surface area contributed by atoms with Crippen LogP contribution in [-0.4, -0.2) is 19.7 Å². The van der Waals surface area contributed by atoms with Gasteiger partial charge in [-0.05, 0) is 36.5 Å². The molecule has 3 nitrogen and oxygen atoms in total. The molecule has 0 heterocycles. The van der Waals surface area contributed by atoms with E-state index in [1.165, 1.54) is 5.56 Å². The monoisotopic (exact) mass is 222 g/mol. The number of hydrogen-bond acceptors (Lipinski definition) is 3. The molecular formula is C13H22N2O. The van der Waals surface area contributed by atoms with Crippen LogP contribution in [0.5, 0.6) is 5.75 Å². The molecule has 4 N–H and O–H groups in total. The molecule has 1 rings (SSSR count). The van der Waals surface area contributed by atoms with Gasteiger partial charge in [-0.1, -0.05) is 19.1 Å². The van der Waals surface area contributed by atoms with E-state index in [9.17, 15) is 0 Å². The van der Waals surface area contributed by atoms with E-state index < -0.39 is 0 Å². The molecule has 0 aromatic heterocycles. The molecule has 0 aliphatic heterocycles. The summed E-state index contributed by atoms with van der Waals surface area (Å²) >= 11 is 0. The summed E-state index contributed by atoms with van der Waals surface area (Å²) in [5, 5.41) is 0. The number of hydrogen-bond donors (Lipinski definition) is 2. The fourth-order valence-corrected chi connectivity index (χ4v) is 1.68. The van der Waals surface area contributed by atoms with Crippen molar-refractivity contribution in [1.29, 1.82) is 0 Å². The lowest BCUT2D eigenvalue weighted by molar-refractivity contribution is 0.414. The van der Waals surface area contributed by atoms with E-state index in [-0.39, 0.29) is 6.04 Å². The Kier molecular flexibility index (Phi) is 5.29. The van der Waals surface area contributed by atoms with Crippen LogP contribution in [0.1, 0.15) is 31.2 Å². The van der Waals surface area contributed by atoms with E-state index in [2.05, 4.69) is 19.1 Å². The highest BCUT2D eigenvalue weighted by molar-refractivity contribution is 5.29. The van der Waals surface area contributed by atoms with Gasteiger partial charge in [-0.2, -0.15) is 0 Å². The Balaban J connectivity index is 2.49. The topological polar surface area (TPSA) is 61.3 Å². The fraction of sp³-hybridized carbons (Fsp3) is 0.538. The molecule has 16 heavy (non-hydrogen) atoms. The first-order chi connectivity index (χ1) is 7.67. The molecule has 2 unspecified atom stereocenters. The first-order valence-electron chi connectivity index (χ1n) is 5.77. The zero-order valence-electron chi connectivity index (χ0n) is 10.1. The Morgan fingerprint density at radius 1 is 1.19 bits per heavy atom. The van der Waals surface area contributed by atoms with Gasteiger partial charge in [0.05, 0.1) is 7.11 Å². The predicted molar refractivity (Wildman–Crippen MR) is 67.7 cm³/mol. The Morgan fingerprint density at radius 2 is 1.81 bits per heavy atom. The highest BCUT2D eigenvalue weighted by atomic mass is 16.5. The number of nitrogens with two attached hydrogens (primary N) is 2. The van der Waals surface area contributed by atoms with Gasteiger partial charge in [0.25, 0.3) is 0 Å². The highest BCUT2D eigenvalue weighted by Crippen LogP contribution is 2.23. The smallest absolute Gasteiger partial charge is 0.118 e. The maximum Gasteiger partial charge on any atom is 0.118 e. The first kappa shape index (κ1) is 13.0. The molecule has 0 radical (unpaired) electrons. The molecule has 0 aliphatic rings. The Labute approximate surface area is 97.8 Å². The van der Waals surface area contributed by atoms with Gasteiger partial charge in [0.15, 0.2) is 0 Å². The van der Waals surface area contributed by atoms with Crippen LogP contribution < -0.4 is 16.2 Å². The standard InChI is InChI=1S/C13H22N2O/c1-10(3-6-12(15)9-14)11-4-7-13(16-2)8-5-11/h4-5,7-8,10,12H,3,6,9,14-15H2,1-2H3. The average Bonchev–Trinajstić information content (AvgIpc) is 2.35. The molecule has 1 aromatic carbocycles. The molecule has 90 valence electrons. The molecule has 0 bridgehead atoms. The lowest BCUT2D eigenvalue weighted by Crippen LogP contribution is -2.29. The molecule has 3 heteroatoms. The van der Waals surface area contributed by atoms with Crippen LogP contribution in [0.3, 0.4) is 0 Å². The van der Waals surface area contributed by atoms with Crippen molar-refractivity contribution in [3.63, 3.8) is 0 Å². The van der Waals surface area contributed by atoms with Crippen LogP contribution in [0, 0.1) is 0 Å². The second kappa shape index (κ2) is 6.51. The zero-order valence-corrected chi connectivity index (χ0v) is 10.1. The number of benzene rings is 1. The van der Waals surface area contributed by atoms with Crippen molar-refractivity contribution in [2.45, 2.75) is 31.7 Å². The first-order valence-corrected chi connectivity index (χ1v) is 5.77. The lowest BCUT2D eigenvalue weighted by Gasteiger charge is -2.15. The van der Waals surface area contributed by atoms with Crippen LogP contribution >= 0.6 is 0 Å². The van der Waals surface area contributed by atoms with E-state index in [0.29, 0.717) is 12.5 Å². The minimum Gasteiger partial charge on any atom is -0.497 e. The molecule has 0 saturated carbocycles. The summed E-state index contributed by atoms with van der Waals surface area (Å²) in [4.78, 5) is 0. The molecule has 0 aliphatic carbocycles. The molecule has 2 atom stereocenters. The fourth-order valence-electron chi connectivity index (χ4n) is 1.68. The van der Waals surface area contributed by atoms with Crippen LogP contribution in [0.2, 0.25) is 0 Å². The van der Waals surface area contributed by atoms with Crippen LogP contribution in [-0.2, 0) is 0 Å². The maximum absolute atomic E-state index is 5.80. The van der Waals surface area contributed by atoms with E-state index in [1.54, 1.807) is 7.11 Å². The number of rotatable bonds is 6. The van der Waals surface area contributed by atoms with Crippen molar-refractivity contribution in [3.8, 4) is 5.75 Å². The van der Waals surface area contributed by atoms with E-state index in [4.69, 9.17) is 16.2 Å². The van der Waals surface area contributed by atoms with E-state index in [0.717, 1.165) is 18.6 Å². The van der Waals surface area contributed by atoms with Gasteiger partial charge in [0, 0.05) is 12.6 Å². The van der Waals surface area contributed by atoms with Gasteiger partial charge in [0.2, 0.25) is 0 Å². The summed E-state index contributed by atoms with van der Waals surface area (Å²) in [5.74, 6) is 1.41. The van der Waals surface area contributed by atoms with Crippen molar-refractivity contribution in [2.24, 2.45) is 11.5 Å². The third kappa shape index (κ3) is 3.83. The predicted octanol–water partition coefficient (Wildman–Crippen LogP) is 1.86. The summed E-state index contributed by atoms with van der Waals surface area (Å²) in [6.07, 6.45) is 2.05. The quantitative estimate of drug-likeness (QED) is 0.772. The molecule has 0 amide bonds. The van der Waals surface area contributed by atoms with Crippen LogP contribution in [0.25, 0.3) is 0 Å². The SMILES string of the molecule is COc1ccc(C(C)CCC(N)CN)cc1. The van der Waals surface area contributed by atoms with Crippen LogP contribution in [0.15, 0.2) is 24.3 Å². The summed E-state index contributed by atoms with van der Waals surface area (Å²) in [6, 6.07) is 8.33. The second-order valence-corrected chi connectivity index (χ2v) is 4.25. The Morgan fingerprint density at radius 3 is 2.31 bits per heavy atom. The average molecular weight is 222 g/mol. The highest BCUT2D eigenvalue weighted by Gasteiger charge is 2.08. The van der Waals surface area contributed by atoms with Gasteiger partial charge >= 0.3 is 0 Å². The summed E-state index contributed by atoms with van der Waals surface area (Å²) in [6.45, 7) is 2.78. The van der Waals surface area contributed by atoms with Crippen molar-refractivity contribution in [1.82, 2.24) is 0 Å². The van der Waals surface area contributed by atoms with E-state index >= 15 is 0 Å². The zero-order chi connectivity index (χ0) is 12.0. The van der Waals surface area contributed by atoms with Gasteiger partial charge in [-0.25, -0.2) is 0 Å². The molecule has 0 fully saturated rings. The van der Waals surface area contributed by atoms with Crippen LogP contribution in [0.4, 0.5) is 0 Å². The Hall–Kier alpha value is -1.06. The van der Waals surface area contributed by atoms with Gasteiger partial charge in [0.1, 0.15) is 5.75 Å². The molecule has 0 spiro atoms. The minimum absolute atomic E-state index is 0.126. The largest absolute Gasteiger partial charge is 0.497 e. The second-order valence-electron chi connectivity index (χ2n) is 4.25. The van der Waals surface area contributed by atoms with Crippen molar-refractivity contribution < 1.29 is 4.74 Å². The van der Waals surface area contributed by atoms with Gasteiger partial charge < -0.3 is 16.2 Å². The number of methoxy groups -OCH3 is 1. The third-order valence-electron chi connectivity index (χ3n) is 2.96. The van der Waals surface area contributed by atoms with Crippen molar-refractivity contribution in [2.75, 3.05) is 13.7 Å². The molecule has 0 saturated heterocycles. The number of ether oxygens (including phenoxy) is 1. The van der Waals surface area contributed by atoms with E-state index in [1.807, 2.05) is 12.1 Å². The van der Waals surface area contributed by atoms with Gasteiger partial charge in [-0.15, -0.1) is 0 Å².